The van der Waals surface area contributed by atoms with Crippen molar-refractivity contribution in [3.05, 3.63) is 34.7 Å². The molecule has 1 fully saturated rings. The molecular weight excluding hydrogens is 364 g/mol. The van der Waals surface area contributed by atoms with Gasteiger partial charge >= 0.3 is 0 Å². The number of hydrogen-bond acceptors (Lipinski definition) is 6. The van der Waals surface area contributed by atoms with Gasteiger partial charge in [0.2, 0.25) is 0 Å². The molecule has 0 saturated heterocycles. The van der Waals surface area contributed by atoms with Gasteiger partial charge in [-0.2, -0.15) is 0 Å². The Morgan fingerprint density at radius 1 is 1.33 bits per heavy atom. The van der Waals surface area contributed by atoms with Crippen molar-refractivity contribution in [3.8, 4) is 0 Å². The molecule has 1 aliphatic rings. The Bertz CT molecular complexity index is 845. The minimum atomic E-state index is -3.27. The number of nitrogens with zero attached hydrogens (tertiary/aromatic N) is 1. The Labute approximate surface area is 149 Å². The zero-order chi connectivity index (χ0) is 17.2. The maximum absolute atomic E-state index is 12.7. The van der Waals surface area contributed by atoms with E-state index >= 15 is 0 Å². The number of thiazole rings is 1. The average molecular weight is 383 g/mol. The van der Waals surface area contributed by atoms with Crippen LogP contribution in [0.4, 0.5) is 5.13 Å². The topological polar surface area (TPSA) is 76.1 Å². The Balaban J connectivity index is 1.92. The Kier molecular flexibility index (Phi) is 5.17. The number of anilines is 1. The van der Waals surface area contributed by atoms with E-state index < -0.39 is 9.84 Å². The minimum Gasteiger partial charge on any atom is -0.298 e. The number of rotatable bonds is 5. The van der Waals surface area contributed by atoms with E-state index in [0.717, 1.165) is 24.2 Å². The molecule has 8 heteroatoms. The highest BCUT2D eigenvalue weighted by Gasteiger charge is 2.21. The number of allylic oxidation sites excluding steroid dienone is 1. The largest absolute Gasteiger partial charge is 0.298 e. The normalized spacial score (nSPS) is 16.5. The summed E-state index contributed by atoms with van der Waals surface area (Å²) in [6.07, 6.45) is 9.28. The highest BCUT2D eigenvalue weighted by atomic mass is 32.2. The smallest absolute Gasteiger partial charge is 0.258 e. The summed E-state index contributed by atoms with van der Waals surface area (Å²) in [6.45, 7) is 0. The van der Waals surface area contributed by atoms with Gasteiger partial charge < -0.3 is 0 Å². The SMILES string of the molecule is CS(=O)(=O)c1ccc(/C(=C\C2CCCC2)C(=O)Nc2nccs2)s1. The molecule has 128 valence electrons. The van der Waals surface area contributed by atoms with Crippen molar-refractivity contribution in [2.75, 3.05) is 11.6 Å². The summed E-state index contributed by atoms with van der Waals surface area (Å²) in [4.78, 5) is 17.5. The Morgan fingerprint density at radius 2 is 2.08 bits per heavy atom. The van der Waals surface area contributed by atoms with Crippen molar-refractivity contribution in [1.82, 2.24) is 4.98 Å². The second kappa shape index (κ2) is 7.16. The number of carbonyl (C=O) groups is 1. The van der Waals surface area contributed by atoms with Crippen LogP contribution in [0.5, 0.6) is 0 Å². The predicted octanol–water partition coefficient (Wildman–Crippen LogP) is 3.82. The second-order valence-corrected chi connectivity index (χ2v) is 10.0. The van der Waals surface area contributed by atoms with Crippen LogP contribution in [-0.4, -0.2) is 25.6 Å². The molecule has 0 aromatic carbocycles. The van der Waals surface area contributed by atoms with Crippen molar-refractivity contribution >= 4 is 49.1 Å². The van der Waals surface area contributed by atoms with Crippen molar-refractivity contribution in [1.29, 1.82) is 0 Å². The zero-order valence-electron chi connectivity index (χ0n) is 13.2. The zero-order valence-corrected chi connectivity index (χ0v) is 15.6. The van der Waals surface area contributed by atoms with Crippen LogP contribution < -0.4 is 5.32 Å². The van der Waals surface area contributed by atoms with E-state index in [1.54, 1.807) is 23.7 Å². The first-order valence-electron chi connectivity index (χ1n) is 7.66. The Morgan fingerprint density at radius 3 is 2.67 bits per heavy atom. The summed E-state index contributed by atoms with van der Waals surface area (Å²) in [5.74, 6) is 0.129. The molecule has 2 aromatic rings. The molecule has 24 heavy (non-hydrogen) atoms. The van der Waals surface area contributed by atoms with Gasteiger partial charge in [-0.15, -0.1) is 22.7 Å². The third-order valence-corrected chi connectivity index (χ3v) is 7.54. The molecule has 0 bridgehead atoms. The predicted molar refractivity (Wildman–Crippen MR) is 98.1 cm³/mol. The number of thiophene rings is 1. The molecule has 3 rings (SSSR count). The van der Waals surface area contributed by atoms with Crippen LogP contribution >= 0.6 is 22.7 Å². The first kappa shape index (κ1) is 17.3. The van der Waals surface area contributed by atoms with Gasteiger partial charge in [-0.3, -0.25) is 10.1 Å². The lowest BCUT2D eigenvalue weighted by atomic mass is 10.0. The monoisotopic (exact) mass is 382 g/mol. The van der Waals surface area contributed by atoms with E-state index in [-0.39, 0.29) is 10.1 Å². The lowest BCUT2D eigenvalue weighted by Gasteiger charge is -2.09. The molecule has 0 aliphatic heterocycles. The lowest BCUT2D eigenvalue weighted by Crippen LogP contribution is -2.13. The fourth-order valence-electron chi connectivity index (χ4n) is 2.74. The van der Waals surface area contributed by atoms with Crippen LogP contribution in [0.1, 0.15) is 30.6 Å². The maximum Gasteiger partial charge on any atom is 0.258 e. The van der Waals surface area contributed by atoms with Gasteiger partial charge in [0.25, 0.3) is 5.91 Å². The summed E-state index contributed by atoms with van der Waals surface area (Å²) < 4.78 is 23.7. The van der Waals surface area contributed by atoms with Gasteiger partial charge in [-0.05, 0) is 30.9 Å². The third-order valence-electron chi connectivity index (χ3n) is 3.91. The number of sulfone groups is 1. The maximum atomic E-state index is 12.7. The minimum absolute atomic E-state index is 0.237. The van der Waals surface area contributed by atoms with Gasteiger partial charge in [0.05, 0.1) is 5.57 Å². The summed E-state index contributed by atoms with van der Waals surface area (Å²) >= 11 is 2.49. The molecule has 5 nitrogen and oxygen atoms in total. The first-order chi connectivity index (χ1) is 11.4. The molecule has 2 aromatic heterocycles. The van der Waals surface area contributed by atoms with Crippen molar-refractivity contribution in [2.24, 2.45) is 5.92 Å². The van der Waals surface area contributed by atoms with E-state index in [4.69, 9.17) is 0 Å². The Hall–Kier alpha value is -1.51. The van der Waals surface area contributed by atoms with Crippen LogP contribution in [0.2, 0.25) is 0 Å². The fourth-order valence-corrected chi connectivity index (χ4v) is 5.22. The van der Waals surface area contributed by atoms with Gasteiger partial charge in [0, 0.05) is 22.7 Å². The molecule has 1 amide bonds. The lowest BCUT2D eigenvalue weighted by molar-refractivity contribution is -0.111. The van der Waals surface area contributed by atoms with E-state index in [2.05, 4.69) is 10.3 Å². The number of carbonyl (C=O) groups excluding carboxylic acids is 1. The van der Waals surface area contributed by atoms with Crippen molar-refractivity contribution in [2.45, 2.75) is 29.9 Å². The van der Waals surface area contributed by atoms with Gasteiger partial charge in [-0.1, -0.05) is 18.9 Å². The standard InChI is InChI=1S/C16H18N2O3S3/c1-24(20,21)14-7-6-13(23-14)12(10-11-4-2-3-5-11)15(19)18-16-17-8-9-22-16/h6-11H,2-5H2,1H3,(H,17,18,19)/b12-10+. The summed E-state index contributed by atoms with van der Waals surface area (Å²) in [6, 6.07) is 3.28. The second-order valence-electron chi connectivity index (χ2n) is 5.81. The molecule has 0 unspecified atom stereocenters. The summed E-state index contributed by atoms with van der Waals surface area (Å²) in [5, 5.41) is 5.13. The van der Waals surface area contributed by atoms with Gasteiger partial charge in [0.15, 0.2) is 15.0 Å². The third kappa shape index (κ3) is 4.12. The van der Waals surface area contributed by atoms with Gasteiger partial charge in [-0.25, -0.2) is 13.4 Å². The van der Waals surface area contributed by atoms with Crippen LogP contribution in [0, 0.1) is 5.92 Å². The van der Waals surface area contributed by atoms with Crippen molar-refractivity contribution in [3.63, 3.8) is 0 Å². The van der Waals surface area contributed by atoms with E-state index in [9.17, 15) is 13.2 Å². The number of aromatic nitrogens is 1. The van der Waals surface area contributed by atoms with Crippen molar-refractivity contribution < 1.29 is 13.2 Å². The molecule has 0 spiro atoms. The fraction of sp³-hybridized carbons (Fsp3) is 0.375. The molecular formula is C16H18N2O3S3. The summed E-state index contributed by atoms with van der Waals surface area (Å²) in [5.41, 5.74) is 0.539. The molecule has 1 N–H and O–H groups in total. The highest BCUT2D eigenvalue weighted by molar-refractivity contribution is 7.92. The highest BCUT2D eigenvalue weighted by Crippen LogP contribution is 2.33. The van der Waals surface area contributed by atoms with Gasteiger partial charge in [0.1, 0.15) is 4.21 Å². The quantitative estimate of drug-likeness (QED) is 0.798. The van der Waals surface area contributed by atoms with Crippen LogP contribution in [0.15, 0.2) is 34.0 Å². The molecule has 0 atom stereocenters. The molecule has 1 aliphatic carbocycles. The van der Waals surface area contributed by atoms with E-state index in [1.807, 2.05) is 6.08 Å². The number of amides is 1. The molecule has 0 radical (unpaired) electrons. The van der Waals surface area contributed by atoms with Crippen LogP contribution in [-0.2, 0) is 14.6 Å². The van der Waals surface area contributed by atoms with Crippen LogP contribution in [0.3, 0.4) is 0 Å². The van der Waals surface area contributed by atoms with E-state index in [1.165, 1.54) is 30.4 Å². The molecule has 1 saturated carbocycles. The average Bonchev–Trinajstić information content (AvgIpc) is 3.25. The molecule has 2 heterocycles. The number of hydrogen-bond donors (Lipinski definition) is 1. The summed E-state index contributed by atoms with van der Waals surface area (Å²) in [7, 11) is -3.27. The number of nitrogens with one attached hydrogen (secondary N) is 1. The van der Waals surface area contributed by atoms with E-state index in [0.29, 0.717) is 21.5 Å². The first-order valence-corrected chi connectivity index (χ1v) is 11.2. The van der Waals surface area contributed by atoms with Crippen LogP contribution in [0.25, 0.3) is 5.57 Å².